The van der Waals surface area contributed by atoms with Crippen molar-refractivity contribution in [3.63, 3.8) is 0 Å². The van der Waals surface area contributed by atoms with Crippen molar-refractivity contribution in [2.24, 2.45) is 0 Å². The summed E-state index contributed by atoms with van der Waals surface area (Å²) in [6, 6.07) is 13.9. The van der Waals surface area contributed by atoms with Crippen molar-refractivity contribution in [3.8, 4) is 23.0 Å². The second-order valence-electron chi connectivity index (χ2n) is 9.76. The summed E-state index contributed by atoms with van der Waals surface area (Å²) < 4.78 is 65.8. The molecule has 0 bridgehead atoms. The van der Waals surface area contributed by atoms with Gasteiger partial charge in [0.25, 0.3) is 0 Å². The maximum Gasteiger partial charge on any atom is 0.399 e. The van der Waals surface area contributed by atoms with Crippen molar-refractivity contribution in [2.45, 2.75) is 39.1 Å². The Hall–Kier alpha value is -3.43. The molecule has 3 heterocycles. The fourth-order valence-corrected chi connectivity index (χ4v) is 5.86. The molecule has 6 rings (SSSR count). The van der Waals surface area contributed by atoms with E-state index in [-0.39, 0.29) is 12.4 Å². The highest BCUT2D eigenvalue weighted by Crippen LogP contribution is 2.60. The SMILES string of the molecule is Cc1cc(C(F)(F)P(=O)(O)O)c(C)cc1Cn1c2c(c3cccc(Oc4ccc5c(c4)OCO5)c31)COCC2. The number of fused-ring (bicyclic) bond motifs is 4. The van der Waals surface area contributed by atoms with Crippen molar-refractivity contribution in [1.29, 1.82) is 0 Å². The average Bonchev–Trinajstić information content (AvgIpc) is 3.48. The number of para-hydroxylation sites is 1. The summed E-state index contributed by atoms with van der Waals surface area (Å²) in [6.07, 6.45) is 0.667. The molecule has 4 aromatic rings. The lowest BCUT2D eigenvalue weighted by Gasteiger charge is -2.22. The third-order valence-corrected chi connectivity index (χ3v) is 8.24. The average molecular weight is 557 g/mol. The van der Waals surface area contributed by atoms with Crippen LogP contribution in [0.25, 0.3) is 10.9 Å². The van der Waals surface area contributed by atoms with Gasteiger partial charge in [0.1, 0.15) is 5.75 Å². The van der Waals surface area contributed by atoms with Gasteiger partial charge in [0, 0.05) is 41.2 Å². The number of rotatable bonds is 6. The van der Waals surface area contributed by atoms with E-state index in [2.05, 4.69) is 4.57 Å². The number of hydrogen-bond donors (Lipinski definition) is 2. The van der Waals surface area contributed by atoms with E-state index in [0.717, 1.165) is 27.7 Å². The zero-order chi connectivity index (χ0) is 27.5. The van der Waals surface area contributed by atoms with Gasteiger partial charge >= 0.3 is 13.3 Å². The van der Waals surface area contributed by atoms with Gasteiger partial charge in [-0.1, -0.05) is 18.2 Å². The Bertz CT molecular complexity index is 1660. The van der Waals surface area contributed by atoms with Crippen LogP contribution in [0, 0.1) is 13.8 Å². The van der Waals surface area contributed by atoms with Gasteiger partial charge in [-0.15, -0.1) is 0 Å². The van der Waals surface area contributed by atoms with Gasteiger partial charge in [-0.2, -0.15) is 8.78 Å². The number of aromatic nitrogens is 1. The first-order valence-electron chi connectivity index (χ1n) is 12.4. The minimum atomic E-state index is -5.69. The van der Waals surface area contributed by atoms with Gasteiger partial charge in [-0.25, -0.2) is 0 Å². The van der Waals surface area contributed by atoms with Crippen LogP contribution >= 0.6 is 7.60 Å². The molecular weight excluding hydrogens is 531 g/mol. The molecule has 0 spiro atoms. The molecule has 0 unspecified atom stereocenters. The molecule has 39 heavy (non-hydrogen) atoms. The quantitative estimate of drug-likeness (QED) is 0.275. The van der Waals surface area contributed by atoms with Crippen LogP contribution in [0.1, 0.15) is 33.5 Å². The number of nitrogens with zero attached hydrogens (tertiary/aromatic N) is 1. The smallest absolute Gasteiger partial charge is 0.399 e. The molecule has 8 nitrogen and oxygen atoms in total. The van der Waals surface area contributed by atoms with Gasteiger partial charge in [0.05, 0.1) is 18.7 Å². The maximum absolute atomic E-state index is 14.6. The van der Waals surface area contributed by atoms with Gasteiger partial charge < -0.3 is 33.3 Å². The van der Waals surface area contributed by atoms with Crippen molar-refractivity contribution >= 4 is 18.5 Å². The van der Waals surface area contributed by atoms with E-state index in [1.807, 2.05) is 18.2 Å². The van der Waals surface area contributed by atoms with Crippen LogP contribution in [0.5, 0.6) is 23.0 Å². The first-order valence-corrected chi connectivity index (χ1v) is 14.0. The first kappa shape index (κ1) is 25.8. The van der Waals surface area contributed by atoms with Crippen LogP contribution in [0.2, 0.25) is 0 Å². The van der Waals surface area contributed by atoms with Gasteiger partial charge in [0.2, 0.25) is 6.79 Å². The maximum atomic E-state index is 14.6. The number of aryl methyl sites for hydroxylation is 2. The standard InChI is InChI=1S/C28H26F2NO7P/c1-16-11-22(28(29,30)39(32,33)34)17(2)10-18(16)13-31-23-8-9-35-14-21(23)20-4-3-5-25(27(20)31)38-19-6-7-24-26(12-19)37-15-36-24/h3-7,10-12H,8-9,13-15H2,1-2H3,(H2,32,33,34). The van der Waals surface area contributed by atoms with Gasteiger partial charge in [0.15, 0.2) is 17.2 Å². The summed E-state index contributed by atoms with van der Waals surface area (Å²) in [6.45, 7) is 4.60. The summed E-state index contributed by atoms with van der Waals surface area (Å²) in [5.41, 5.74) is -0.630. The predicted octanol–water partition coefficient (Wildman–Crippen LogP) is 6.13. The largest absolute Gasteiger partial charge is 0.455 e. The molecule has 11 heteroatoms. The molecule has 1 aromatic heterocycles. The van der Waals surface area contributed by atoms with Crippen LogP contribution in [0.3, 0.4) is 0 Å². The molecule has 0 fully saturated rings. The van der Waals surface area contributed by atoms with E-state index in [9.17, 15) is 23.1 Å². The number of hydrogen-bond acceptors (Lipinski definition) is 5. The minimum absolute atomic E-state index is 0.106. The van der Waals surface area contributed by atoms with E-state index in [1.165, 1.54) is 13.0 Å². The second-order valence-corrected chi connectivity index (χ2v) is 11.4. The predicted molar refractivity (Wildman–Crippen MR) is 139 cm³/mol. The number of benzene rings is 3. The van der Waals surface area contributed by atoms with E-state index in [0.29, 0.717) is 54.7 Å². The Morgan fingerprint density at radius 3 is 2.64 bits per heavy atom. The lowest BCUT2D eigenvalue weighted by molar-refractivity contribution is 0.0557. The Labute approximate surface area is 222 Å². The molecule has 0 atom stereocenters. The van der Waals surface area contributed by atoms with Crippen molar-refractivity contribution in [1.82, 2.24) is 4.57 Å². The van der Waals surface area contributed by atoms with Crippen LogP contribution in [-0.4, -0.2) is 27.8 Å². The highest BCUT2D eigenvalue weighted by molar-refractivity contribution is 7.52. The molecule has 2 N–H and O–H groups in total. The lowest BCUT2D eigenvalue weighted by Crippen LogP contribution is -2.17. The topological polar surface area (TPSA) is 99.4 Å². The van der Waals surface area contributed by atoms with Crippen molar-refractivity contribution in [3.05, 3.63) is 82.0 Å². The van der Waals surface area contributed by atoms with Gasteiger partial charge in [-0.05, 0) is 54.8 Å². The summed E-state index contributed by atoms with van der Waals surface area (Å²) in [5.74, 6) is 2.43. The summed E-state index contributed by atoms with van der Waals surface area (Å²) in [5, 5.41) is 0.974. The third kappa shape index (κ3) is 4.37. The van der Waals surface area contributed by atoms with Crippen LogP contribution in [0.15, 0.2) is 48.5 Å². The third-order valence-electron chi connectivity index (χ3n) is 7.27. The zero-order valence-electron chi connectivity index (χ0n) is 21.2. The molecular formula is C28H26F2NO7P. The van der Waals surface area contributed by atoms with E-state index < -0.39 is 18.8 Å². The van der Waals surface area contributed by atoms with E-state index in [1.54, 1.807) is 31.2 Å². The van der Waals surface area contributed by atoms with Crippen LogP contribution in [0.4, 0.5) is 8.78 Å². The molecule has 2 aliphatic heterocycles. The summed E-state index contributed by atoms with van der Waals surface area (Å²) in [4.78, 5) is 18.5. The highest BCUT2D eigenvalue weighted by Gasteiger charge is 2.51. The van der Waals surface area contributed by atoms with Crippen molar-refractivity contribution in [2.75, 3.05) is 13.4 Å². The Morgan fingerprint density at radius 1 is 1.05 bits per heavy atom. The fourth-order valence-electron chi connectivity index (χ4n) is 5.31. The molecule has 0 saturated carbocycles. The van der Waals surface area contributed by atoms with Crippen LogP contribution < -0.4 is 14.2 Å². The molecule has 2 aliphatic rings. The van der Waals surface area contributed by atoms with Crippen molar-refractivity contribution < 1.29 is 42.1 Å². The van der Waals surface area contributed by atoms with E-state index >= 15 is 0 Å². The molecule has 204 valence electrons. The molecule has 0 amide bonds. The van der Waals surface area contributed by atoms with Crippen LogP contribution in [-0.2, 0) is 34.5 Å². The molecule has 3 aromatic carbocycles. The summed E-state index contributed by atoms with van der Waals surface area (Å²) in [7, 11) is -5.69. The Kier molecular flexibility index (Phi) is 6.19. The fraction of sp³-hybridized carbons (Fsp3) is 0.286. The zero-order valence-corrected chi connectivity index (χ0v) is 22.1. The van der Waals surface area contributed by atoms with Gasteiger partial charge in [-0.3, -0.25) is 4.57 Å². The summed E-state index contributed by atoms with van der Waals surface area (Å²) >= 11 is 0. The molecule has 0 aliphatic carbocycles. The highest BCUT2D eigenvalue weighted by atomic mass is 31.2. The second kappa shape index (κ2) is 9.34. The first-order chi connectivity index (χ1) is 18.5. The monoisotopic (exact) mass is 557 g/mol. The Balaban J connectivity index is 1.45. The lowest BCUT2D eigenvalue weighted by atomic mass is 9.99. The normalized spacial score (nSPS) is 15.0. The number of ether oxygens (including phenoxy) is 4. The Morgan fingerprint density at radius 2 is 1.85 bits per heavy atom. The van der Waals surface area contributed by atoms with E-state index in [4.69, 9.17) is 18.9 Å². The number of alkyl halides is 2. The number of halogens is 2. The minimum Gasteiger partial charge on any atom is -0.455 e. The molecule has 0 saturated heterocycles. The molecule has 0 radical (unpaired) electrons.